The van der Waals surface area contributed by atoms with Gasteiger partial charge in [-0.15, -0.1) is 11.6 Å². The van der Waals surface area contributed by atoms with Crippen molar-refractivity contribution in [1.29, 1.82) is 0 Å². The van der Waals surface area contributed by atoms with Crippen LogP contribution in [-0.4, -0.2) is 9.38 Å². The third kappa shape index (κ3) is 2.26. The molecule has 5 heteroatoms. The minimum atomic E-state index is -0.0773. The van der Waals surface area contributed by atoms with Crippen LogP contribution in [0.15, 0.2) is 12.3 Å². The molecule has 2 heterocycles. The number of nitrogens with zero attached hydrogens (tertiary/aromatic N) is 2. The summed E-state index contributed by atoms with van der Waals surface area (Å²) < 4.78 is 1.87. The molecule has 17 heavy (non-hydrogen) atoms. The van der Waals surface area contributed by atoms with E-state index >= 15 is 0 Å². The molecule has 0 bridgehead atoms. The summed E-state index contributed by atoms with van der Waals surface area (Å²) in [6, 6.07) is 1.69. The first kappa shape index (κ1) is 13.0. The summed E-state index contributed by atoms with van der Waals surface area (Å²) in [4.78, 5) is 4.58. The van der Waals surface area contributed by atoms with Crippen LogP contribution in [0.2, 0.25) is 10.0 Å². The summed E-state index contributed by atoms with van der Waals surface area (Å²) in [5.41, 5.74) is 2.53. The van der Waals surface area contributed by atoms with Crippen molar-refractivity contribution in [2.45, 2.75) is 32.1 Å². The van der Waals surface area contributed by atoms with Gasteiger partial charge < -0.3 is 0 Å². The molecule has 0 radical (unpaired) electrons. The average Bonchev–Trinajstić information content (AvgIpc) is 2.55. The molecule has 2 nitrogen and oxygen atoms in total. The number of pyridine rings is 1. The van der Waals surface area contributed by atoms with Gasteiger partial charge in [0.15, 0.2) is 5.65 Å². The SMILES string of the molecule is CC(C)(C)c1nc2c(Cl)cc(Cl)cn2c1CCl. The number of alkyl halides is 1. The molecule has 2 aromatic heterocycles. The highest BCUT2D eigenvalue weighted by molar-refractivity contribution is 6.36. The molecule has 0 unspecified atom stereocenters. The van der Waals surface area contributed by atoms with Gasteiger partial charge in [-0.2, -0.15) is 0 Å². The molecule has 92 valence electrons. The first-order chi connectivity index (χ1) is 7.84. The van der Waals surface area contributed by atoms with Crippen molar-refractivity contribution in [2.24, 2.45) is 0 Å². The Balaban J connectivity index is 2.85. The number of imidazole rings is 1. The first-order valence-corrected chi connectivity index (χ1v) is 6.56. The summed E-state index contributed by atoms with van der Waals surface area (Å²) in [5.74, 6) is 0.379. The Morgan fingerprint density at radius 3 is 2.47 bits per heavy atom. The predicted molar refractivity (Wildman–Crippen MR) is 73.5 cm³/mol. The molecule has 0 aliphatic carbocycles. The molecule has 2 rings (SSSR count). The van der Waals surface area contributed by atoms with Gasteiger partial charge in [0, 0.05) is 11.6 Å². The summed E-state index contributed by atoms with van der Waals surface area (Å²) in [5, 5.41) is 1.12. The zero-order valence-electron chi connectivity index (χ0n) is 9.89. The zero-order valence-corrected chi connectivity index (χ0v) is 12.2. The lowest BCUT2D eigenvalue weighted by Gasteiger charge is -2.16. The summed E-state index contributed by atoms with van der Waals surface area (Å²) in [7, 11) is 0. The molecule has 0 aliphatic rings. The van der Waals surface area contributed by atoms with E-state index in [0.717, 1.165) is 11.4 Å². The van der Waals surface area contributed by atoms with Gasteiger partial charge in [-0.3, -0.25) is 4.40 Å². The van der Waals surface area contributed by atoms with E-state index in [1.54, 1.807) is 12.3 Å². The molecule has 0 saturated carbocycles. The molecule has 0 atom stereocenters. The molecular formula is C12H13Cl3N2. The highest BCUT2D eigenvalue weighted by atomic mass is 35.5. The predicted octanol–water partition coefficient (Wildman–Crippen LogP) is 4.68. The van der Waals surface area contributed by atoms with Gasteiger partial charge in [-0.05, 0) is 6.07 Å². The van der Waals surface area contributed by atoms with Crippen molar-refractivity contribution in [3.8, 4) is 0 Å². The number of halogens is 3. The van der Waals surface area contributed by atoms with Crippen molar-refractivity contribution < 1.29 is 0 Å². The average molecular weight is 292 g/mol. The van der Waals surface area contributed by atoms with E-state index in [1.807, 2.05) is 4.40 Å². The van der Waals surface area contributed by atoms with Crippen LogP contribution in [0.3, 0.4) is 0 Å². The van der Waals surface area contributed by atoms with Crippen LogP contribution in [0.5, 0.6) is 0 Å². The van der Waals surface area contributed by atoms with E-state index in [2.05, 4.69) is 25.8 Å². The second kappa shape index (κ2) is 4.34. The van der Waals surface area contributed by atoms with Crippen molar-refractivity contribution >= 4 is 40.4 Å². The molecule has 0 N–H and O–H groups in total. The van der Waals surface area contributed by atoms with E-state index in [-0.39, 0.29) is 5.41 Å². The van der Waals surface area contributed by atoms with Gasteiger partial charge in [-0.1, -0.05) is 44.0 Å². The third-order valence-electron chi connectivity index (χ3n) is 2.58. The molecule has 0 amide bonds. The van der Waals surface area contributed by atoms with E-state index in [0.29, 0.717) is 21.6 Å². The Labute approximate surface area is 116 Å². The monoisotopic (exact) mass is 290 g/mol. The maximum atomic E-state index is 6.14. The van der Waals surface area contributed by atoms with Crippen LogP contribution in [0.4, 0.5) is 0 Å². The minimum absolute atomic E-state index is 0.0773. The lowest BCUT2D eigenvalue weighted by molar-refractivity contribution is 0.567. The Morgan fingerprint density at radius 2 is 1.94 bits per heavy atom. The summed E-state index contributed by atoms with van der Waals surface area (Å²) in [6.07, 6.45) is 1.79. The molecule has 0 saturated heterocycles. The van der Waals surface area contributed by atoms with Crippen LogP contribution in [-0.2, 0) is 11.3 Å². The zero-order chi connectivity index (χ0) is 12.8. The van der Waals surface area contributed by atoms with Crippen molar-refractivity contribution in [3.05, 3.63) is 33.7 Å². The topological polar surface area (TPSA) is 17.3 Å². The Kier molecular flexibility index (Phi) is 3.32. The van der Waals surface area contributed by atoms with Gasteiger partial charge in [0.25, 0.3) is 0 Å². The highest BCUT2D eigenvalue weighted by Gasteiger charge is 2.24. The number of hydrogen-bond acceptors (Lipinski definition) is 1. The second-order valence-electron chi connectivity index (χ2n) is 4.99. The standard InChI is InChI=1S/C12H13Cl3N2/c1-12(2,3)10-9(5-13)17-6-7(14)4-8(15)11(17)16-10/h4,6H,5H2,1-3H3. The molecule has 2 aromatic rings. The Bertz CT molecular complexity index is 567. The molecule has 0 spiro atoms. The van der Waals surface area contributed by atoms with Crippen molar-refractivity contribution in [2.75, 3.05) is 0 Å². The van der Waals surface area contributed by atoms with Crippen LogP contribution in [0, 0.1) is 0 Å². The fraction of sp³-hybridized carbons (Fsp3) is 0.417. The quantitative estimate of drug-likeness (QED) is 0.698. The van der Waals surface area contributed by atoms with E-state index in [4.69, 9.17) is 34.8 Å². The fourth-order valence-electron chi connectivity index (χ4n) is 1.85. The number of hydrogen-bond donors (Lipinski definition) is 0. The fourth-order valence-corrected chi connectivity index (χ4v) is 2.62. The summed E-state index contributed by atoms with van der Waals surface area (Å²) >= 11 is 18.2. The van der Waals surface area contributed by atoms with Crippen LogP contribution in [0.25, 0.3) is 5.65 Å². The third-order valence-corrected chi connectivity index (χ3v) is 3.32. The Morgan fingerprint density at radius 1 is 1.29 bits per heavy atom. The van der Waals surface area contributed by atoms with Crippen LogP contribution >= 0.6 is 34.8 Å². The maximum Gasteiger partial charge on any atom is 0.156 e. The van der Waals surface area contributed by atoms with Crippen molar-refractivity contribution in [1.82, 2.24) is 9.38 Å². The number of rotatable bonds is 1. The van der Waals surface area contributed by atoms with E-state index < -0.39 is 0 Å². The van der Waals surface area contributed by atoms with Gasteiger partial charge in [0.05, 0.1) is 27.3 Å². The number of fused-ring (bicyclic) bond motifs is 1. The molecule has 0 aliphatic heterocycles. The van der Waals surface area contributed by atoms with E-state index in [1.165, 1.54) is 0 Å². The van der Waals surface area contributed by atoms with Gasteiger partial charge in [-0.25, -0.2) is 4.98 Å². The lowest BCUT2D eigenvalue weighted by atomic mass is 9.91. The van der Waals surface area contributed by atoms with Gasteiger partial charge in [0.1, 0.15) is 0 Å². The minimum Gasteiger partial charge on any atom is -0.300 e. The van der Waals surface area contributed by atoms with Gasteiger partial charge in [0.2, 0.25) is 0 Å². The smallest absolute Gasteiger partial charge is 0.156 e. The van der Waals surface area contributed by atoms with E-state index in [9.17, 15) is 0 Å². The summed E-state index contributed by atoms with van der Waals surface area (Å²) in [6.45, 7) is 6.29. The lowest BCUT2D eigenvalue weighted by Crippen LogP contribution is -2.14. The maximum absolute atomic E-state index is 6.14. The second-order valence-corrected chi connectivity index (χ2v) is 6.10. The normalized spacial score (nSPS) is 12.4. The largest absolute Gasteiger partial charge is 0.300 e. The first-order valence-electron chi connectivity index (χ1n) is 5.27. The van der Waals surface area contributed by atoms with Crippen molar-refractivity contribution in [3.63, 3.8) is 0 Å². The molecule has 0 aromatic carbocycles. The van der Waals surface area contributed by atoms with Gasteiger partial charge >= 0.3 is 0 Å². The Hall–Kier alpha value is -0.440. The highest BCUT2D eigenvalue weighted by Crippen LogP contribution is 2.31. The molecular weight excluding hydrogens is 279 g/mol. The number of aromatic nitrogens is 2. The van der Waals surface area contributed by atoms with Crippen LogP contribution < -0.4 is 0 Å². The molecule has 0 fully saturated rings. The van der Waals surface area contributed by atoms with Crippen LogP contribution in [0.1, 0.15) is 32.2 Å².